The lowest BCUT2D eigenvalue weighted by Crippen LogP contribution is -2.52. The molecule has 1 fully saturated rings. The van der Waals surface area contributed by atoms with Crippen molar-refractivity contribution in [1.29, 1.82) is 0 Å². The van der Waals surface area contributed by atoms with Crippen LogP contribution in [-0.4, -0.2) is 56.8 Å². The fraction of sp³-hybridized carbons (Fsp3) is 0.194. The molecule has 0 N–H and O–H groups in total. The maximum Gasteiger partial charge on any atom is 0.264 e. The van der Waals surface area contributed by atoms with Crippen LogP contribution in [0.1, 0.15) is 17.2 Å². The minimum absolute atomic E-state index is 0.0916. The number of sulfonamides is 1. The van der Waals surface area contributed by atoms with Crippen molar-refractivity contribution in [2.24, 2.45) is 0 Å². The Morgan fingerprint density at radius 2 is 1.11 bits per heavy atom. The Balaban J connectivity index is 1.33. The Bertz CT molecular complexity index is 1390. The van der Waals surface area contributed by atoms with Crippen LogP contribution in [0.5, 0.6) is 0 Å². The minimum Gasteiger partial charge on any atom is -0.339 e. The lowest BCUT2D eigenvalue weighted by atomic mass is 9.96. The van der Waals surface area contributed by atoms with Gasteiger partial charge in [-0.1, -0.05) is 97.1 Å². The van der Waals surface area contributed by atoms with Gasteiger partial charge in [-0.05, 0) is 35.4 Å². The second-order valence-corrected chi connectivity index (χ2v) is 11.2. The molecule has 4 aromatic carbocycles. The normalized spacial score (nSPS) is 14.4. The molecule has 1 saturated heterocycles. The summed E-state index contributed by atoms with van der Waals surface area (Å²) < 4.78 is 28.3. The van der Waals surface area contributed by atoms with Gasteiger partial charge in [0, 0.05) is 26.2 Å². The summed E-state index contributed by atoms with van der Waals surface area (Å²) in [6.45, 7) is 2.20. The molecule has 5 rings (SSSR count). The first kappa shape index (κ1) is 25.7. The second kappa shape index (κ2) is 11.6. The molecule has 1 aliphatic heterocycles. The van der Waals surface area contributed by atoms with E-state index in [4.69, 9.17) is 0 Å². The molecule has 0 bridgehead atoms. The maximum atomic E-state index is 13.6. The number of amides is 1. The summed E-state index contributed by atoms with van der Waals surface area (Å²) in [5.41, 5.74) is 2.89. The van der Waals surface area contributed by atoms with Crippen LogP contribution < -0.4 is 4.31 Å². The predicted octanol–water partition coefficient (Wildman–Crippen LogP) is 4.82. The van der Waals surface area contributed by atoms with Gasteiger partial charge >= 0.3 is 0 Å². The van der Waals surface area contributed by atoms with Gasteiger partial charge in [-0.25, -0.2) is 8.42 Å². The van der Waals surface area contributed by atoms with Crippen LogP contribution in [0.25, 0.3) is 0 Å². The molecule has 194 valence electrons. The van der Waals surface area contributed by atoms with Crippen molar-refractivity contribution in [2.45, 2.75) is 10.9 Å². The molecule has 1 heterocycles. The first-order chi connectivity index (χ1) is 18.5. The van der Waals surface area contributed by atoms with Crippen molar-refractivity contribution in [2.75, 3.05) is 37.0 Å². The van der Waals surface area contributed by atoms with Crippen molar-refractivity contribution in [3.63, 3.8) is 0 Å². The summed E-state index contributed by atoms with van der Waals surface area (Å²) in [5.74, 6) is -0.205. The van der Waals surface area contributed by atoms with E-state index in [0.717, 1.165) is 0 Å². The van der Waals surface area contributed by atoms with Gasteiger partial charge in [0.1, 0.15) is 6.54 Å². The molecule has 0 aromatic heterocycles. The molecule has 38 heavy (non-hydrogen) atoms. The van der Waals surface area contributed by atoms with E-state index < -0.39 is 10.0 Å². The van der Waals surface area contributed by atoms with Gasteiger partial charge in [0.2, 0.25) is 5.91 Å². The highest BCUT2D eigenvalue weighted by Crippen LogP contribution is 2.30. The molecule has 6 nitrogen and oxygen atoms in total. The van der Waals surface area contributed by atoms with Crippen molar-refractivity contribution in [1.82, 2.24) is 9.80 Å². The highest BCUT2D eigenvalue weighted by molar-refractivity contribution is 7.92. The average molecular weight is 526 g/mol. The molecule has 1 aliphatic rings. The third-order valence-electron chi connectivity index (χ3n) is 6.92. The standard InChI is InChI=1S/C31H31N3O3S/c35-30(25-34(28-17-9-3-10-18-28)38(36,37)29-19-11-4-12-20-29)32-21-23-33(24-22-32)31(26-13-5-1-6-14-26)27-15-7-2-8-16-27/h1-20,31H,21-25H2. The number of carbonyl (C=O) groups excluding carboxylic acids is 1. The number of nitrogens with zero attached hydrogens (tertiary/aromatic N) is 3. The fourth-order valence-corrected chi connectivity index (χ4v) is 6.40. The highest BCUT2D eigenvalue weighted by atomic mass is 32.2. The van der Waals surface area contributed by atoms with Gasteiger partial charge in [0.05, 0.1) is 16.6 Å². The minimum atomic E-state index is -3.91. The van der Waals surface area contributed by atoms with E-state index in [-0.39, 0.29) is 23.4 Å². The zero-order valence-electron chi connectivity index (χ0n) is 21.1. The lowest BCUT2D eigenvalue weighted by molar-refractivity contribution is -0.131. The molecule has 0 saturated carbocycles. The van der Waals surface area contributed by atoms with Gasteiger partial charge in [0.15, 0.2) is 0 Å². The molecule has 0 unspecified atom stereocenters. The number of rotatable bonds is 8. The van der Waals surface area contributed by atoms with E-state index in [9.17, 15) is 13.2 Å². The van der Waals surface area contributed by atoms with Gasteiger partial charge in [-0.2, -0.15) is 0 Å². The van der Waals surface area contributed by atoms with E-state index >= 15 is 0 Å². The Morgan fingerprint density at radius 1 is 0.658 bits per heavy atom. The smallest absolute Gasteiger partial charge is 0.264 e. The molecule has 0 radical (unpaired) electrons. The van der Waals surface area contributed by atoms with Gasteiger partial charge in [0.25, 0.3) is 10.0 Å². The van der Waals surface area contributed by atoms with Crippen molar-refractivity contribution in [3.8, 4) is 0 Å². The Labute approximate surface area is 224 Å². The Kier molecular flexibility index (Phi) is 7.86. The molecular formula is C31H31N3O3S. The Morgan fingerprint density at radius 3 is 1.61 bits per heavy atom. The SMILES string of the molecule is O=C(CN(c1ccccc1)S(=O)(=O)c1ccccc1)N1CCN(C(c2ccccc2)c2ccccc2)CC1. The molecule has 0 atom stereocenters. The number of anilines is 1. The van der Waals surface area contributed by atoms with E-state index in [1.54, 1.807) is 59.5 Å². The fourth-order valence-electron chi connectivity index (χ4n) is 4.97. The first-order valence-electron chi connectivity index (χ1n) is 12.8. The van der Waals surface area contributed by atoms with Crippen LogP contribution in [0.2, 0.25) is 0 Å². The van der Waals surface area contributed by atoms with Crippen LogP contribution in [0, 0.1) is 0 Å². The molecule has 4 aromatic rings. The van der Waals surface area contributed by atoms with Crippen LogP contribution >= 0.6 is 0 Å². The van der Waals surface area contributed by atoms with E-state index in [0.29, 0.717) is 31.9 Å². The molecule has 0 spiro atoms. The summed E-state index contributed by atoms with van der Waals surface area (Å²) in [6, 6.07) is 38.0. The molecule has 1 amide bonds. The van der Waals surface area contributed by atoms with Gasteiger partial charge in [-0.3, -0.25) is 14.0 Å². The van der Waals surface area contributed by atoms with Crippen LogP contribution in [0.4, 0.5) is 5.69 Å². The maximum absolute atomic E-state index is 13.6. The van der Waals surface area contributed by atoms with E-state index in [1.165, 1.54) is 15.4 Å². The second-order valence-electron chi connectivity index (χ2n) is 9.30. The largest absolute Gasteiger partial charge is 0.339 e. The summed E-state index contributed by atoms with van der Waals surface area (Å²) >= 11 is 0. The molecular weight excluding hydrogens is 494 g/mol. The lowest BCUT2D eigenvalue weighted by Gasteiger charge is -2.40. The third-order valence-corrected chi connectivity index (χ3v) is 8.71. The Hall–Kier alpha value is -3.94. The predicted molar refractivity (Wildman–Crippen MR) is 150 cm³/mol. The topological polar surface area (TPSA) is 60.9 Å². The highest BCUT2D eigenvalue weighted by Gasteiger charge is 2.32. The summed E-state index contributed by atoms with van der Waals surface area (Å²) in [4.78, 5) is 17.8. The number of piperazine rings is 1. The number of hydrogen-bond donors (Lipinski definition) is 0. The monoisotopic (exact) mass is 525 g/mol. The van der Waals surface area contributed by atoms with Crippen molar-refractivity contribution < 1.29 is 13.2 Å². The summed E-state index contributed by atoms with van der Waals surface area (Å²) in [6.07, 6.45) is 0. The molecule has 7 heteroatoms. The summed E-state index contributed by atoms with van der Waals surface area (Å²) in [5, 5.41) is 0. The van der Waals surface area contributed by atoms with Gasteiger partial charge < -0.3 is 4.90 Å². The zero-order chi connectivity index (χ0) is 26.4. The van der Waals surface area contributed by atoms with Crippen LogP contribution in [0.15, 0.2) is 126 Å². The summed E-state index contributed by atoms with van der Waals surface area (Å²) in [7, 11) is -3.91. The zero-order valence-corrected chi connectivity index (χ0v) is 22.0. The first-order valence-corrected chi connectivity index (χ1v) is 14.2. The quantitative estimate of drug-likeness (QED) is 0.331. The number of benzene rings is 4. The van der Waals surface area contributed by atoms with Crippen molar-refractivity contribution >= 4 is 21.6 Å². The van der Waals surface area contributed by atoms with Crippen LogP contribution in [0.3, 0.4) is 0 Å². The number of para-hydroxylation sites is 1. The molecule has 0 aliphatic carbocycles. The van der Waals surface area contributed by atoms with Crippen LogP contribution in [-0.2, 0) is 14.8 Å². The van der Waals surface area contributed by atoms with E-state index in [2.05, 4.69) is 53.4 Å². The van der Waals surface area contributed by atoms with Gasteiger partial charge in [-0.15, -0.1) is 0 Å². The van der Waals surface area contributed by atoms with Crippen molar-refractivity contribution in [3.05, 3.63) is 132 Å². The average Bonchev–Trinajstić information content (AvgIpc) is 2.98. The van der Waals surface area contributed by atoms with E-state index in [1.807, 2.05) is 18.2 Å². The number of carbonyl (C=O) groups is 1. The number of hydrogen-bond acceptors (Lipinski definition) is 4. The third kappa shape index (κ3) is 5.64.